The zero-order valence-corrected chi connectivity index (χ0v) is 7.06. The molecule has 0 radical (unpaired) electrons. The average Bonchev–Trinajstić information content (AvgIpc) is 2.05. The number of alkyl halides is 3. The molecule has 0 saturated heterocycles. The van der Waals surface area contributed by atoms with E-state index in [2.05, 4.69) is 0 Å². The van der Waals surface area contributed by atoms with Crippen LogP contribution in [0.2, 0.25) is 0 Å². The molecule has 0 amide bonds. The van der Waals surface area contributed by atoms with Crippen LogP contribution in [0.1, 0.15) is 25.7 Å². The fraction of sp³-hybridized carbons (Fsp3) is 0.667. The van der Waals surface area contributed by atoms with Crippen LogP contribution in [0, 0.1) is 17.2 Å². The lowest BCUT2D eigenvalue weighted by molar-refractivity contribution is -0.150. The van der Waals surface area contributed by atoms with Gasteiger partial charge in [0.15, 0.2) is 5.92 Å². The average molecular weight is 189 g/mol. The molecule has 0 aromatic carbocycles. The van der Waals surface area contributed by atoms with Crippen LogP contribution in [0.3, 0.4) is 0 Å². The lowest BCUT2D eigenvalue weighted by Crippen LogP contribution is -2.24. The normalized spacial score (nSPS) is 20.3. The third-order valence-electron chi connectivity index (χ3n) is 2.15. The number of allylic oxidation sites excluding steroid dienone is 2. The van der Waals surface area contributed by atoms with E-state index in [4.69, 9.17) is 5.26 Å². The van der Waals surface area contributed by atoms with Gasteiger partial charge in [0, 0.05) is 0 Å². The van der Waals surface area contributed by atoms with Gasteiger partial charge in [-0.05, 0) is 31.3 Å². The van der Waals surface area contributed by atoms with Gasteiger partial charge in [-0.1, -0.05) is 6.08 Å². The molecule has 0 bridgehead atoms. The Morgan fingerprint density at radius 3 is 2.46 bits per heavy atom. The third kappa shape index (κ3) is 2.48. The summed E-state index contributed by atoms with van der Waals surface area (Å²) in [7, 11) is 0. The van der Waals surface area contributed by atoms with Gasteiger partial charge in [0.05, 0.1) is 6.07 Å². The summed E-state index contributed by atoms with van der Waals surface area (Å²) >= 11 is 0. The van der Waals surface area contributed by atoms with Gasteiger partial charge in [-0.25, -0.2) is 0 Å². The van der Waals surface area contributed by atoms with Gasteiger partial charge in [0.1, 0.15) is 0 Å². The summed E-state index contributed by atoms with van der Waals surface area (Å²) in [5.74, 6) is -1.88. The smallest absolute Gasteiger partial charge is 0.197 e. The topological polar surface area (TPSA) is 23.8 Å². The Kier molecular flexibility index (Phi) is 2.97. The first-order chi connectivity index (χ1) is 6.05. The third-order valence-corrected chi connectivity index (χ3v) is 2.15. The fourth-order valence-corrected chi connectivity index (χ4v) is 1.49. The molecule has 1 aliphatic rings. The number of rotatable bonds is 1. The summed E-state index contributed by atoms with van der Waals surface area (Å²) < 4.78 is 36.7. The predicted octanol–water partition coefficient (Wildman–Crippen LogP) is 3.19. The minimum Gasteiger partial charge on any atom is -0.197 e. The van der Waals surface area contributed by atoms with Crippen molar-refractivity contribution in [1.82, 2.24) is 0 Å². The molecular weight excluding hydrogens is 179 g/mol. The highest BCUT2D eigenvalue weighted by molar-refractivity contribution is 5.18. The highest BCUT2D eigenvalue weighted by Crippen LogP contribution is 2.35. The summed E-state index contributed by atoms with van der Waals surface area (Å²) in [6.45, 7) is 0. The molecule has 0 N–H and O–H groups in total. The monoisotopic (exact) mass is 189 g/mol. The van der Waals surface area contributed by atoms with Crippen molar-refractivity contribution >= 4 is 0 Å². The van der Waals surface area contributed by atoms with Crippen molar-refractivity contribution in [2.24, 2.45) is 5.92 Å². The summed E-state index contributed by atoms with van der Waals surface area (Å²) in [4.78, 5) is 0. The molecule has 1 nitrogen and oxygen atoms in total. The van der Waals surface area contributed by atoms with Crippen LogP contribution in [0.25, 0.3) is 0 Å². The van der Waals surface area contributed by atoms with Crippen molar-refractivity contribution in [1.29, 1.82) is 5.26 Å². The second kappa shape index (κ2) is 3.82. The van der Waals surface area contributed by atoms with E-state index >= 15 is 0 Å². The summed E-state index contributed by atoms with van der Waals surface area (Å²) in [5, 5.41) is 8.40. The van der Waals surface area contributed by atoms with Crippen LogP contribution in [0.5, 0.6) is 0 Å². The molecule has 1 atom stereocenters. The lowest BCUT2D eigenvalue weighted by Gasteiger charge is -2.19. The van der Waals surface area contributed by atoms with Crippen molar-refractivity contribution in [3.8, 4) is 6.07 Å². The molecule has 0 saturated carbocycles. The van der Waals surface area contributed by atoms with Crippen LogP contribution in [-0.4, -0.2) is 6.18 Å². The van der Waals surface area contributed by atoms with E-state index < -0.39 is 12.1 Å². The van der Waals surface area contributed by atoms with Crippen molar-refractivity contribution in [3.63, 3.8) is 0 Å². The van der Waals surface area contributed by atoms with Gasteiger partial charge in [0.25, 0.3) is 0 Å². The fourth-order valence-electron chi connectivity index (χ4n) is 1.49. The molecule has 0 aromatic heterocycles. The maximum Gasteiger partial charge on any atom is 0.408 e. The van der Waals surface area contributed by atoms with Crippen LogP contribution >= 0.6 is 0 Å². The quantitative estimate of drug-likeness (QED) is 0.581. The molecule has 0 fully saturated rings. The second-order valence-electron chi connectivity index (χ2n) is 3.13. The Hall–Kier alpha value is -0.980. The van der Waals surface area contributed by atoms with Crippen LogP contribution in [0.4, 0.5) is 13.2 Å². The van der Waals surface area contributed by atoms with Crippen LogP contribution < -0.4 is 0 Å². The zero-order valence-electron chi connectivity index (χ0n) is 7.06. The van der Waals surface area contributed by atoms with Gasteiger partial charge in [0.2, 0.25) is 0 Å². The molecule has 1 aliphatic carbocycles. The molecule has 1 rings (SSSR count). The first-order valence-electron chi connectivity index (χ1n) is 4.21. The van der Waals surface area contributed by atoms with Gasteiger partial charge in [-0.3, -0.25) is 0 Å². The van der Waals surface area contributed by atoms with Crippen molar-refractivity contribution in [2.75, 3.05) is 0 Å². The second-order valence-corrected chi connectivity index (χ2v) is 3.13. The maximum atomic E-state index is 12.2. The van der Waals surface area contributed by atoms with E-state index in [0.717, 1.165) is 12.8 Å². The Bertz CT molecular complexity index is 247. The molecule has 1 unspecified atom stereocenters. The molecule has 4 heteroatoms. The minimum atomic E-state index is -4.40. The molecule has 0 aliphatic heterocycles. The maximum absolute atomic E-state index is 12.2. The van der Waals surface area contributed by atoms with E-state index in [-0.39, 0.29) is 5.57 Å². The van der Waals surface area contributed by atoms with Crippen molar-refractivity contribution in [3.05, 3.63) is 11.6 Å². The summed E-state index contributed by atoms with van der Waals surface area (Å²) in [5.41, 5.74) is 0.251. The van der Waals surface area contributed by atoms with Crippen molar-refractivity contribution < 1.29 is 13.2 Å². The molecule has 0 spiro atoms. The molecular formula is C9H10F3N. The Labute approximate surface area is 74.9 Å². The number of nitrogens with zero attached hydrogens (tertiary/aromatic N) is 1. The first kappa shape index (κ1) is 10.1. The van der Waals surface area contributed by atoms with Crippen LogP contribution in [-0.2, 0) is 0 Å². The van der Waals surface area contributed by atoms with Crippen molar-refractivity contribution in [2.45, 2.75) is 31.9 Å². The van der Waals surface area contributed by atoms with E-state index in [1.165, 1.54) is 6.07 Å². The van der Waals surface area contributed by atoms with E-state index in [1.807, 2.05) is 0 Å². The Balaban J connectivity index is 2.78. The standard InChI is InChI=1S/C9H10F3N/c10-9(11,12)8(6-13)7-4-2-1-3-5-7/h4,8H,1-3,5H2. The van der Waals surface area contributed by atoms with E-state index in [9.17, 15) is 13.2 Å². The Morgan fingerprint density at radius 1 is 1.38 bits per heavy atom. The first-order valence-corrected chi connectivity index (χ1v) is 4.21. The van der Waals surface area contributed by atoms with Gasteiger partial charge in [-0.15, -0.1) is 0 Å². The molecule has 13 heavy (non-hydrogen) atoms. The largest absolute Gasteiger partial charge is 0.408 e. The molecule has 0 heterocycles. The number of halogens is 3. The highest BCUT2D eigenvalue weighted by Gasteiger charge is 2.42. The minimum absolute atomic E-state index is 0.251. The van der Waals surface area contributed by atoms with Gasteiger partial charge < -0.3 is 0 Å². The van der Waals surface area contributed by atoms with Gasteiger partial charge in [-0.2, -0.15) is 18.4 Å². The summed E-state index contributed by atoms with van der Waals surface area (Å²) in [6, 6.07) is 1.32. The molecule has 72 valence electrons. The lowest BCUT2D eigenvalue weighted by atomic mass is 9.90. The predicted molar refractivity (Wildman–Crippen MR) is 41.7 cm³/mol. The number of nitriles is 1. The van der Waals surface area contributed by atoms with E-state index in [0.29, 0.717) is 12.8 Å². The molecule has 0 aromatic rings. The zero-order chi connectivity index (χ0) is 9.90. The SMILES string of the molecule is N#CC(C1=CCCCC1)C(F)(F)F. The van der Waals surface area contributed by atoms with Gasteiger partial charge >= 0.3 is 6.18 Å². The highest BCUT2D eigenvalue weighted by atomic mass is 19.4. The number of hydrogen-bond donors (Lipinski definition) is 0. The number of hydrogen-bond acceptors (Lipinski definition) is 1. The van der Waals surface area contributed by atoms with E-state index in [1.54, 1.807) is 6.08 Å². The summed E-state index contributed by atoms with van der Waals surface area (Å²) in [6.07, 6.45) is -0.0657. The van der Waals surface area contributed by atoms with Crippen LogP contribution in [0.15, 0.2) is 11.6 Å². The Morgan fingerprint density at radius 2 is 2.08 bits per heavy atom.